The average molecular weight is 221 g/mol. The molecular formula is C12H19N3O. The standard InChI is InChI=1S/C12H19N3O/c1-15-7-5-9(6-8-15)12(16)10-3-2-4-11(13)14-10/h2-4,9,12,16H,5-8H2,1H3,(H2,13,14). The molecule has 2 rings (SSSR count). The first kappa shape index (κ1) is 11.4. The van der Waals surface area contributed by atoms with E-state index < -0.39 is 6.10 Å². The summed E-state index contributed by atoms with van der Waals surface area (Å²) in [5.74, 6) is 0.787. The predicted octanol–water partition coefficient (Wildman–Crippen LogP) is 1.04. The van der Waals surface area contributed by atoms with Crippen molar-refractivity contribution in [1.29, 1.82) is 0 Å². The maximum absolute atomic E-state index is 10.2. The minimum absolute atomic E-state index is 0.311. The van der Waals surface area contributed by atoms with Crippen molar-refractivity contribution in [2.45, 2.75) is 18.9 Å². The van der Waals surface area contributed by atoms with Gasteiger partial charge in [-0.2, -0.15) is 0 Å². The quantitative estimate of drug-likeness (QED) is 0.783. The number of anilines is 1. The third-order valence-corrected chi connectivity index (χ3v) is 3.30. The van der Waals surface area contributed by atoms with Gasteiger partial charge in [-0.05, 0) is 51.0 Å². The normalized spacial score (nSPS) is 20.9. The van der Waals surface area contributed by atoms with Crippen molar-refractivity contribution in [2.75, 3.05) is 25.9 Å². The Bertz CT molecular complexity index is 348. The SMILES string of the molecule is CN1CCC(C(O)c2cccc(N)n2)CC1. The monoisotopic (exact) mass is 221 g/mol. The van der Waals surface area contributed by atoms with Crippen LogP contribution in [0, 0.1) is 5.92 Å². The topological polar surface area (TPSA) is 62.4 Å². The number of aliphatic hydroxyl groups excluding tert-OH is 1. The number of nitrogens with two attached hydrogens (primary N) is 1. The summed E-state index contributed by atoms with van der Waals surface area (Å²) in [6.45, 7) is 2.09. The van der Waals surface area contributed by atoms with Crippen LogP contribution in [0.25, 0.3) is 0 Å². The van der Waals surface area contributed by atoms with Gasteiger partial charge in [0.25, 0.3) is 0 Å². The lowest BCUT2D eigenvalue weighted by molar-refractivity contribution is 0.0628. The first-order valence-electron chi connectivity index (χ1n) is 5.76. The third-order valence-electron chi connectivity index (χ3n) is 3.30. The van der Waals surface area contributed by atoms with Crippen LogP contribution in [0.5, 0.6) is 0 Å². The highest BCUT2D eigenvalue weighted by molar-refractivity contribution is 5.29. The zero-order valence-electron chi connectivity index (χ0n) is 9.63. The van der Waals surface area contributed by atoms with Crippen molar-refractivity contribution in [3.05, 3.63) is 23.9 Å². The van der Waals surface area contributed by atoms with Crippen molar-refractivity contribution >= 4 is 5.82 Å². The lowest BCUT2D eigenvalue weighted by Crippen LogP contribution is -2.32. The number of likely N-dealkylation sites (tertiary alicyclic amines) is 1. The lowest BCUT2D eigenvalue weighted by Gasteiger charge is -2.31. The fourth-order valence-electron chi connectivity index (χ4n) is 2.22. The number of piperidine rings is 1. The number of hydrogen-bond donors (Lipinski definition) is 2. The molecule has 0 bridgehead atoms. The lowest BCUT2D eigenvalue weighted by atomic mass is 9.89. The molecule has 1 aromatic heterocycles. The van der Waals surface area contributed by atoms with Gasteiger partial charge in [0, 0.05) is 0 Å². The Hall–Kier alpha value is -1.13. The van der Waals surface area contributed by atoms with Gasteiger partial charge in [-0.15, -0.1) is 0 Å². The van der Waals surface area contributed by atoms with Crippen LogP contribution in [0.4, 0.5) is 5.82 Å². The largest absolute Gasteiger partial charge is 0.387 e. The highest BCUT2D eigenvalue weighted by atomic mass is 16.3. The molecule has 1 aliphatic rings. The van der Waals surface area contributed by atoms with Crippen LogP contribution in [0.1, 0.15) is 24.6 Å². The number of rotatable bonds is 2. The van der Waals surface area contributed by atoms with E-state index in [9.17, 15) is 5.11 Å². The van der Waals surface area contributed by atoms with Crippen molar-refractivity contribution < 1.29 is 5.11 Å². The highest BCUT2D eigenvalue weighted by Crippen LogP contribution is 2.29. The number of aliphatic hydroxyl groups is 1. The number of aromatic nitrogens is 1. The summed E-state index contributed by atoms with van der Waals surface area (Å²) in [6, 6.07) is 5.43. The van der Waals surface area contributed by atoms with Crippen molar-refractivity contribution in [3.63, 3.8) is 0 Å². The van der Waals surface area contributed by atoms with Crippen LogP contribution >= 0.6 is 0 Å². The minimum atomic E-state index is -0.475. The molecule has 1 atom stereocenters. The zero-order valence-corrected chi connectivity index (χ0v) is 9.63. The number of pyridine rings is 1. The number of hydrogen-bond acceptors (Lipinski definition) is 4. The summed E-state index contributed by atoms with van der Waals surface area (Å²) in [5, 5.41) is 10.2. The van der Waals surface area contributed by atoms with Crippen LogP contribution in [-0.2, 0) is 0 Å². The Morgan fingerprint density at radius 2 is 2.12 bits per heavy atom. The molecule has 3 N–H and O–H groups in total. The van der Waals surface area contributed by atoms with Gasteiger partial charge in [0.05, 0.1) is 11.8 Å². The van der Waals surface area contributed by atoms with Gasteiger partial charge in [0.2, 0.25) is 0 Å². The van der Waals surface area contributed by atoms with Crippen LogP contribution in [0.15, 0.2) is 18.2 Å². The maximum atomic E-state index is 10.2. The van der Waals surface area contributed by atoms with Crippen LogP contribution in [0.3, 0.4) is 0 Å². The van der Waals surface area contributed by atoms with Crippen LogP contribution in [-0.4, -0.2) is 35.1 Å². The predicted molar refractivity (Wildman–Crippen MR) is 63.8 cm³/mol. The molecule has 1 fully saturated rings. The summed E-state index contributed by atoms with van der Waals surface area (Å²) < 4.78 is 0. The first-order chi connectivity index (χ1) is 7.66. The van der Waals surface area contributed by atoms with Gasteiger partial charge in [0.15, 0.2) is 0 Å². The summed E-state index contributed by atoms with van der Waals surface area (Å²) >= 11 is 0. The summed E-state index contributed by atoms with van der Waals surface area (Å²) in [5.41, 5.74) is 6.32. The molecule has 4 heteroatoms. The van der Waals surface area contributed by atoms with Gasteiger partial charge in [-0.3, -0.25) is 0 Å². The van der Waals surface area contributed by atoms with Crippen molar-refractivity contribution in [1.82, 2.24) is 9.88 Å². The van der Waals surface area contributed by atoms with E-state index in [1.165, 1.54) is 0 Å². The Morgan fingerprint density at radius 3 is 2.75 bits per heavy atom. The average Bonchev–Trinajstić information content (AvgIpc) is 2.29. The summed E-state index contributed by atoms with van der Waals surface area (Å²) in [4.78, 5) is 6.47. The van der Waals surface area contributed by atoms with Crippen LogP contribution < -0.4 is 5.73 Å². The van der Waals surface area contributed by atoms with E-state index in [0.29, 0.717) is 17.4 Å². The van der Waals surface area contributed by atoms with Gasteiger partial charge >= 0.3 is 0 Å². The Balaban J connectivity index is 2.04. The van der Waals surface area contributed by atoms with Gasteiger partial charge < -0.3 is 15.7 Å². The van der Waals surface area contributed by atoms with Crippen molar-refractivity contribution in [2.24, 2.45) is 5.92 Å². The Labute approximate surface area is 96.1 Å². The van der Waals surface area contributed by atoms with E-state index in [2.05, 4.69) is 16.9 Å². The molecule has 0 radical (unpaired) electrons. The molecule has 1 aromatic rings. The maximum Gasteiger partial charge on any atom is 0.123 e. The fourth-order valence-corrected chi connectivity index (χ4v) is 2.22. The van der Waals surface area contributed by atoms with E-state index in [1.807, 2.05) is 12.1 Å². The number of nitrogens with zero attached hydrogens (tertiary/aromatic N) is 2. The molecule has 1 aliphatic heterocycles. The van der Waals surface area contributed by atoms with E-state index in [1.54, 1.807) is 6.07 Å². The fraction of sp³-hybridized carbons (Fsp3) is 0.583. The first-order valence-corrected chi connectivity index (χ1v) is 5.76. The second-order valence-electron chi connectivity index (χ2n) is 4.57. The summed E-state index contributed by atoms with van der Waals surface area (Å²) in [6.07, 6.45) is 1.57. The van der Waals surface area contributed by atoms with E-state index >= 15 is 0 Å². The van der Waals surface area contributed by atoms with E-state index in [4.69, 9.17) is 5.73 Å². The zero-order chi connectivity index (χ0) is 11.5. The van der Waals surface area contributed by atoms with E-state index in [-0.39, 0.29) is 0 Å². The van der Waals surface area contributed by atoms with Crippen LogP contribution in [0.2, 0.25) is 0 Å². The molecule has 4 nitrogen and oxygen atoms in total. The Kier molecular flexibility index (Phi) is 3.41. The van der Waals surface area contributed by atoms with Gasteiger partial charge in [-0.25, -0.2) is 4.98 Å². The van der Waals surface area contributed by atoms with Gasteiger partial charge in [-0.1, -0.05) is 6.07 Å². The second kappa shape index (κ2) is 4.80. The van der Waals surface area contributed by atoms with Crippen molar-refractivity contribution in [3.8, 4) is 0 Å². The second-order valence-corrected chi connectivity index (χ2v) is 4.57. The summed E-state index contributed by atoms with van der Waals surface area (Å²) in [7, 11) is 2.11. The molecule has 0 aliphatic carbocycles. The molecule has 0 amide bonds. The minimum Gasteiger partial charge on any atom is -0.387 e. The molecule has 2 heterocycles. The third kappa shape index (κ3) is 2.51. The molecule has 88 valence electrons. The smallest absolute Gasteiger partial charge is 0.123 e. The molecule has 0 spiro atoms. The molecule has 0 aromatic carbocycles. The van der Waals surface area contributed by atoms with E-state index in [0.717, 1.165) is 25.9 Å². The molecule has 0 saturated carbocycles. The number of nitrogen functional groups attached to an aromatic ring is 1. The molecule has 16 heavy (non-hydrogen) atoms. The molecular weight excluding hydrogens is 202 g/mol. The van der Waals surface area contributed by atoms with Gasteiger partial charge in [0.1, 0.15) is 5.82 Å². The molecule has 1 saturated heterocycles. The molecule has 1 unspecified atom stereocenters. The Morgan fingerprint density at radius 1 is 1.44 bits per heavy atom. The highest BCUT2D eigenvalue weighted by Gasteiger charge is 2.25.